The molecule has 0 spiro atoms. The van der Waals surface area contributed by atoms with Crippen LogP contribution in [-0.2, 0) is 9.47 Å². The lowest BCUT2D eigenvalue weighted by atomic mass is 10.5. The lowest BCUT2D eigenvalue weighted by molar-refractivity contribution is -0.00917. The molecule has 0 amide bonds. The molecule has 0 bridgehead atoms. The summed E-state index contributed by atoms with van der Waals surface area (Å²) in [5.74, 6) is 0. The van der Waals surface area contributed by atoms with Crippen LogP contribution in [0.15, 0.2) is 0 Å². The fourth-order valence-corrected chi connectivity index (χ4v) is 0.859. The van der Waals surface area contributed by atoms with Gasteiger partial charge in [0.1, 0.15) is 0 Å². The Bertz CT molecular complexity index is 68.7. The van der Waals surface area contributed by atoms with Crippen LogP contribution >= 0.6 is 0 Å². The van der Waals surface area contributed by atoms with Crippen LogP contribution in [0.25, 0.3) is 0 Å². The fourth-order valence-electron chi connectivity index (χ4n) is 0.859. The van der Waals surface area contributed by atoms with Crippen molar-refractivity contribution in [1.82, 2.24) is 4.90 Å². The van der Waals surface area contributed by atoms with E-state index in [9.17, 15) is 0 Å². The summed E-state index contributed by atoms with van der Waals surface area (Å²) in [5, 5.41) is 0. The van der Waals surface area contributed by atoms with Gasteiger partial charge in [-0.2, -0.15) is 0 Å². The fraction of sp³-hybridized carbons (Fsp3) is 0.833. The summed E-state index contributed by atoms with van der Waals surface area (Å²) in [6, 6.07) is 0. The minimum Gasteiger partial charge on any atom is -0.379 e. The number of hydrogen-bond acceptors (Lipinski definition) is 3. The molecular formula is C6H12NO2. The molecule has 0 saturated carbocycles. The van der Waals surface area contributed by atoms with Gasteiger partial charge in [0, 0.05) is 13.1 Å². The summed E-state index contributed by atoms with van der Waals surface area (Å²) in [6.07, 6.45) is 0. The van der Waals surface area contributed by atoms with Gasteiger partial charge in [-0.3, -0.25) is 4.90 Å². The molecule has 0 aromatic rings. The number of nitrogens with zero attached hydrogens (tertiary/aromatic N) is 1. The molecule has 3 nitrogen and oxygen atoms in total. The summed E-state index contributed by atoms with van der Waals surface area (Å²) in [7, 11) is 3.30. The molecule has 1 aliphatic heterocycles. The van der Waals surface area contributed by atoms with Gasteiger partial charge in [0.25, 0.3) is 0 Å². The molecule has 0 N–H and O–H groups in total. The zero-order valence-electron chi connectivity index (χ0n) is 5.51. The van der Waals surface area contributed by atoms with E-state index in [1.165, 1.54) is 0 Å². The molecule has 53 valence electrons. The maximum atomic E-state index is 5.13. The highest BCUT2D eigenvalue weighted by Crippen LogP contribution is 1.94. The third-order valence-electron chi connectivity index (χ3n) is 1.38. The summed E-state index contributed by atoms with van der Waals surface area (Å²) in [6.45, 7) is 4.21. The summed E-state index contributed by atoms with van der Waals surface area (Å²) in [4.78, 5) is 2.16. The zero-order valence-corrected chi connectivity index (χ0v) is 5.51. The summed E-state index contributed by atoms with van der Waals surface area (Å²) in [5.41, 5.74) is 0. The Morgan fingerprint density at radius 1 is 1.44 bits per heavy atom. The third-order valence-corrected chi connectivity index (χ3v) is 1.38. The van der Waals surface area contributed by atoms with Crippen molar-refractivity contribution in [3.05, 3.63) is 7.11 Å². The van der Waals surface area contributed by atoms with Crippen LogP contribution in [0.1, 0.15) is 0 Å². The topological polar surface area (TPSA) is 21.7 Å². The van der Waals surface area contributed by atoms with E-state index >= 15 is 0 Å². The molecule has 0 aliphatic carbocycles. The molecule has 0 atom stereocenters. The van der Waals surface area contributed by atoms with E-state index in [0.29, 0.717) is 6.73 Å². The molecule has 1 aliphatic rings. The number of hydrogen-bond donors (Lipinski definition) is 0. The van der Waals surface area contributed by atoms with Crippen molar-refractivity contribution >= 4 is 0 Å². The molecule has 0 aromatic carbocycles. The highest BCUT2D eigenvalue weighted by atomic mass is 16.5. The standard InChI is InChI=1S/C6H12NO2/c1-8-6-7-2-4-9-5-3-7/h1-6H2. The molecule has 1 rings (SSSR count). The first-order valence-corrected chi connectivity index (χ1v) is 3.10. The van der Waals surface area contributed by atoms with Crippen LogP contribution in [-0.4, -0.2) is 37.9 Å². The van der Waals surface area contributed by atoms with E-state index < -0.39 is 0 Å². The van der Waals surface area contributed by atoms with Gasteiger partial charge in [0.15, 0.2) is 0 Å². The third kappa shape index (κ3) is 2.30. The van der Waals surface area contributed by atoms with Crippen LogP contribution in [0.2, 0.25) is 0 Å². The second-order valence-electron chi connectivity index (χ2n) is 2.06. The first-order chi connectivity index (χ1) is 4.43. The maximum absolute atomic E-state index is 5.13. The van der Waals surface area contributed by atoms with Gasteiger partial charge < -0.3 is 9.47 Å². The molecular weight excluding hydrogens is 118 g/mol. The Kier molecular flexibility index (Phi) is 2.97. The van der Waals surface area contributed by atoms with Gasteiger partial charge in [-0.1, -0.05) is 0 Å². The molecule has 1 fully saturated rings. The highest BCUT2D eigenvalue weighted by molar-refractivity contribution is 4.56. The van der Waals surface area contributed by atoms with Crippen molar-refractivity contribution in [2.24, 2.45) is 0 Å². The van der Waals surface area contributed by atoms with Crippen molar-refractivity contribution in [3.63, 3.8) is 0 Å². The van der Waals surface area contributed by atoms with Crippen molar-refractivity contribution in [3.8, 4) is 0 Å². The van der Waals surface area contributed by atoms with E-state index in [0.717, 1.165) is 26.3 Å². The summed E-state index contributed by atoms with van der Waals surface area (Å²) >= 11 is 0. The maximum Gasteiger partial charge on any atom is 0.0992 e. The molecule has 3 heteroatoms. The lowest BCUT2D eigenvalue weighted by Crippen LogP contribution is -2.37. The number of morpholine rings is 1. The quantitative estimate of drug-likeness (QED) is 0.528. The van der Waals surface area contributed by atoms with Crippen molar-refractivity contribution in [1.29, 1.82) is 0 Å². The largest absolute Gasteiger partial charge is 0.379 e. The molecule has 0 unspecified atom stereocenters. The average Bonchev–Trinajstić information content (AvgIpc) is 1.91. The van der Waals surface area contributed by atoms with Crippen molar-refractivity contribution in [2.75, 3.05) is 33.0 Å². The predicted octanol–water partition coefficient (Wildman–Crippen LogP) is 0.0843. The van der Waals surface area contributed by atoms with E-state index in [2.05, 4.69) is 12.0 Å². The Hall–Kier alpha value is -0.120. The van der Waals surface area contributed by atoms with Gasteiger partial charge in [0.2, 0.25) is 0 Å². The normalized spacial score (nSPS) is 22.3. The van der Waals surface area contributed by atoms with Crippen LogP contribution in [0.3, 0.4) is 0 Å². The van der Waals surface area contributed by atoms with Crippen LogP contribution in [0.4, 0.5) is 0 Å². The van der Waals surface area contributed by atoms with E-state index in [4.69, 9.17) is 9.47 Å². The van der Waals surface area contributed by atoms with Gasteiger partial charge in [-0.05, 0) is 0 Å². The van der Waals surface area contributed by atoms with Crippen molar-refractivity contribution < 1.29 is 9.47 Å². The van der Waals surface area contributed by atoms with Gasteiger partial charge in [-0.25, -0.2) is 0 Å². The highest BCUT2D eigenvalue weighted by Gasteiger charge is 2.07. The van der Waals surface area contributed by atoms with Gasteiger partial charge in [-0.15, -0.1) is 0 Å². The number of ether oxygens (including phenoxy) is 2. The smallest absolute Gasteiger partial charge is 0.0992 e. The van der Waals surface area contributed by atoms with Crippen LogP contribution in [0, 0.1) is 7.11 Å². The molecule has 1 heterocycles. The van der Waals surface area contributed by atoms with Crippen LogP contribution < -0.4 is 0 Å². The predicted molar refractivity (Wildman–Crippen MR) is 33.7 cm³/mol. The average molecular weight is 130 g/mol. The minimum atomic E-state index is 0.628. The van der Waals surface area contributed by atoms with Gasteiger partial charge in [0.05, 0.1) is 27.1 Å². The molecule has 1 saturated heterocycles. The molecule has 9 heavy (non-hydrogen) atoms. The Morgan fingerprint density at radius 3 is 2.67 bits per heavy atom. The number of rotatable bonds is 2. The Labute approximate surface area is 55.5 Å². The second-order valence-corrected chi connectivity index (χ2v) is 2.06. The lowest BCUT2D eigenvalue weighted by Gasteiger charge is -2.25. The van der Waals surface area contributed by atoms with E-state index in [1.54, 1.807) is 0 Å². The van der Waals surface area contributed by atoms with Crippen molar-refractivity contribution in [2.45, 2.75) is 0 Å². The monoisotopic (exact) mass is 130 g/mol. The molecule has 1 radical (unpaired) electrons. The first-order valence-electron chi connectivity index (χ1n) is 3.10. The second kappa shape index (κ2) is 3.82. The van der Waals surface area contributed by atoms with Crippen LogP contribution in [0.5, 0.6) is 0 Å². The zero-order chi connectivity index (χ0) is 6.53. The van der Waals surface area contributed by atoms with E-state index in [-0.39, 0.29) is 0 Å². The minimum absolute atomic E-state index is 0.628. The molecule has 0 aromatic heterocycles. The van der Waals surface area contributed by atoms with Gasteiger partial charge >= 0.3 is 0 Å². The summed E-state index contributed by atoms with van der Waals surface area (Å²) < 4.78 is 9.83. The SMILES string of the molecule is [CH2]OCN1CCOCC1. The first kappa shape index (κ1) is 6.99. The Balaban J connectivity index is 2.08. The van der Waals surface area contributed by atoms with E-state index in [1.807, 2.05) is 0 Å². The Morgan fingerprint density at radius 2 is 2.11 bits per heavy atom.